The van der Waals surface area contributed by atoms with Crippen molar-refractivity contribution >= 4 is 33.2 Å². The van der Waals surface area contributed by atoms with Crippen molar-refractivity contribution in [1.82, 2.24) is 0 Å². The number of carbonyl (C=O) groups excluding carboxylic acids is 1. The van der Waals surface area contributed by atoms with Gasteiger partial charge in [0.2, 0.25) is 5.82 Å². The van der Waals surface area contributed by atoms with Crippen molar-refractivity contribution < 1.29 is 14.1 Å². The fourth-order valence-electron chi connectivity index (χ4n) is 1.73. The van der Waals surface area contributed by atoms with Crippen molar-refractivity contribution in [2.24, 2.45) is 0 Å². The lowest BCUT2D eigenvalue weighted by Crippen LogP contribution is -2.13. The van der Waals surface area contributed by atoms with E-state index in [1.165, 1.54) is 6.07 Å². The number of nitrogens with zero attached hydrogens (tertiary/aromatic N) is 1. The van der Waals surface area contributed by atoms with Crippen LogP contribution in [0.25, 0.3) is 0 Å². The molecule has 2 rings (SSSR count). The van der Waals surface area contributed by atoms with Gasteiger partial charge in [0.25, 0.3) is 5.91 Å². The highest BCUT2D eigenvalue weighted by atomic mass is 79.9. The first kappa shape index (κ1) is 15.1. The molecule has 0 aromatic heterocycles. The SMILES string of the molecule is Cc1ccc(Br)c(NC(=O)c2ccc([N+](=O)[O-])c(F)c2)c1. The van der Waals surface area contributed by atoms with E-state index in [-0.39, 0.29) is 5.56 Å². The number of anilines is 1. The molecule has 2 aromatic rings. The minimum absolute atomic E-state index is 0.00602. The molecule has 2 aromatic carbocycles. The number of hydrogen-bond acceptors (Lipinski definition) is 3. The molecule has 0 saturated carbocycles. The number of hydrogen-bond donors (Lipinski definition) is 1. The smallest absolute Gasteiger partial charge is 0.304 e. The van der Waals surface area contributed by atoms with E-state index in [9.17, 15) is 19.3 Å². The summed E-state index contributed by atoms with van der Waals surface area (Å²) in [6.07, 6.45) is 0. The monoisotopic (exact) mass is 352 g/mol. The molecule has 21 heavy (non-hydrogen) atoms. The van der Waals surface area contributed by atoms with Crippen LogP contribution >= 0.6 is 15.9 Å². The van der Waals surface area contributed by atoms with Crippen LogP contribution in [0.4, 0.5) is 15.8 Å². The normalized spacial score (nSPS) is 10.2. The van der Waals surface area contributed by atoms with E-state index in [4.69, 9.17) is 0 Å². The van der Waals surface area contributed by atoms with Gasteiger partial charge >= 0.3 is 5.69 Å². The molecule has 1 amide bonds. The first-order chi connectivity index (χ1) is 9.88. The van der Waals surface area contributed by atoms with Crippen molar-refractivity contribution in [3.8, 4) is 0 Å². The highest BCUT2D eigenvalue weighted by Gasteiger charge is 2.17. The highest BCUT2D eigenvalue weighted by molar-refractivity contribution is 9.10. The predicted molar refractivity (Wildman–Crippen MR) is 79.9 cm³/mol. The van der Waals surface area contributed by atoms with Gasteiger partial charge in [0.15, 0.2) is 0 Å². The van der Waals surface area contributed by atoms with Gasteiger partial charge in [-0.2, -0.15) is 4.39 Å². The first-order valence-electron chi connectivity index (χ1n) is 5.90. The molecule has 0 bridgehead atoms. The zero-order valence-electron chi connectivity index (χ0n) is 10.9. The van der Waals surface area contributed by atoms with Crippen LogP contribution in [0.5, 0.6) is 0 Å². The number of carbonyl (C=O) groups is 1. The lowest BCUT2D eigenvalue weighted by Gasteiger charge is -2.08. The van der Waals surface area contributed by atoms with Crippen LogP contribution in [0.1, 0.15) is 15.9 Å². The Kier molecular flexibility index (Phi) is 4.32. The van der Waals surface area contributed by atoms with Crippen molar-refractivity contribution in [2.75, 3.05) is 5.32 Å². The zero-order valence-corrected chi connectivity index (χ0v) is 12.5. The summed E-state index contributed by atoms with van der Waals surface area (Å²) in [5.74, 6) is -1.59. The van der Waals surface area contributed by atoms with Crippen molar-refractivity contribution in [3.05, 3.63) is 67.9 Å². The molecule has 0 heterocycles. The van der Waals surface area contributed by atoms with Gasteiger partial charge in [-0.25, -0.2) is 0 Å². The fraction of sp³-hybridized carbons (Fsp3) is 0.0714. The summed E-state index contributed by atoms with van der Waals surface area (Å²) < 4.78 is 14.2. The van der Waals surface area contributed by atoms with E-state index in [0.29, 0.717) is 10.2 Å². The number of nitrogens with one attached hydrogen (secondary N) is 1. The largest absolute Gasteiger partial charge is 0.321 e. The van der Waals surface area contributed by atoms with E-state index in [0.717, 1.165) is 17.7 Å². The van der Waals surface area contributed by atoms with E-state index in [1.54, 1.807) is 12.1 Å². The lowest BCUT2D eigenvalue weighted by molar-refractivity contribution is -0.387. The van der Waals surface area contributed by atoms with Gasteiger partial charge in [0.1, 0.15) is 0 Å². The summed E-state index contributed by atoms with van der Waals surface area (Å²) in [7, 11) is 0. The fourth-order valence-corrected chi connectivity index (χ4v) is 2.07. The molecule has 0 spiro atoms. The first-order valence-corrected chi connectivity index (χ1v) is 6.69. The maximum atomic E-state index is 13.5. The van der Waals surface area contributed by atoms with Crippen LogP contribution in [-0.4, -0.2) is 10.8 Å². The van der Waals surface area contributed by atoms with Crippen LogP contribution in [0.15, 0.2) is 40.9 Å². The summed E-state index contributed by atoms with van der Waals surface area (Å²) >= 11 is 3.30. The molecule has 1 N–H and O–H groups in total. The summed E-state index contributed by atoms with van der Waals surface area (Å²) in [6, 6.07) is 8.42. The standard InChI is InChI=1S/C14H10BrFN2O3/c1-8-2-4-10(15)12(6-8)17-14(19)9-3-5-13(18(20)21)11(16)7-9/h2-7H,1H3,(H,17,19). The molecule has 7 heteroatoms. The number of nitro groups is 1. The van der Waals surface area contributed by atoms with Gasteiger partial charge in [-0.3, -0.25) is 14.9 Å². The number of benzene rings is 2. The quantitative estimate of drug-likeness (QED) is 0.668. The average molecular weight is 353 g/mol. The molecular weight excluding hydrogens is 343 g/mol. The molecule has 0 atom stereocenters. The molecule has 0 radical (unpaired) electrons. The minimum Gasteiger partial charge on any atom is -0.321 e. The molecule has 0 saturated heterocycles. The number of amides is 1. The molecular formula is C14H10BrFN2O3. The Hall–Kier alpha value is -2.28. The van der Waals surface area contributed by atoms with Crippen LogP contribution in [-0.2, 0) is 0 Å². The molecule has 108 valence electrons. The van der Waals surface area contributed by atoms with E-state index >= 15 is 0 Å². The third kappa shape index (κ3) is 3.43. The number of aryl methyl sites for hydroxylation is 1. The van der Waals surface area contributed by atoms with Gasteiger partial charge < -0.3 is 5.32 Å². The average Bonchev–Trinajstić information content (AvgIpc) is 2.42. The molecule has 0 fully saturated rings. The Morgan fingerprint density at radius 3 is 2.62 bits per heavy atom. The molecule has 0 aliphatic carbocycles. The maximum Gasteiger partial charge on any atom is 0.304 e. The summed E-state index contributed by atoms with van der Waals surface area (Å²) in [5.41, 5.74) is 0.830. The Balaban J connectivity index is 2.26. The van der Waals surface area contributed by atoms with E-state index < -0.39 is 22.3 Å². The van der Waals surface area contributed by atoms with Crippen molar-refractivity contribution in [1.29, 1.82) is 0 Å². The van der Waals surface area contributed by atoms with Gasteiger partial charge in [-0.15, -0.1) is 0 Å². The van der Waals surface area contributed by atoms with Gasteiger partial charge in [0, 0.05) is 16.1 Å². The summed E-state index contributed by atoms with van der Waals surface area (Å²) in [6.45, 7) is 1.87. The molecule has 5 nitrogen and oxygen atoms in total. The van der Waals surface area contributed by atoms with E-state index in [1.807, 2.05) is 13.0 Å². The highest BCUT2D eigenvalue weighted by Crippen LogP contribution is 2.24. The summed E-state index contributed by atoms with van der Waals surface area (Å²) in [4.78, 5) is 21.7. The number of halogens is 2. The van der Waals surface area contributed by atoms with Crippen molar-refractivity contribution in [3.63, 3.8) is 0 Å². The van der Waals surface area contributed by atoms with Crippen LogP contribution in [0.2, 0.25) is 0 Å². The Bertz CT molecular complexity index is 734. The molecule has 0 unspecified atom stereocenters. The van der Waals surface area contributed by atoms with Crippen molar-refractivity contribution in [2.45, 2.75) is 6.92 Å². The van der Waals surface area contributed by atoms with Crippen LogP contribution < -0.4 is 5.32 Å². The van der Waals surface area contributed by atoms with Crippen LogP contribution in [0.3, 0.4) is 0 Å². The second-order valence-electron chi connectivity index (χ2n) is 4.36. The maximum absolute atomic E-state index is 13.5. The second-order valence-corrected chi connectivity index (χ2v) is 5.22. The van der Waals surface area contributed by atoms with Gasteiger partial charge in [-0.05, 0) is 52.7 Å². The Morgan fingerprint density at radius 2 is 2.00 bits per heavy atom. The lowest BCUT2D eigenvalue weighted by atomic mass is 10.1. The predicted octanol–water partition coefficient (Wildman–Crippen LogP) is 4.06. The third-order valence-corrected chi connectivity index (χ3v) is 3.47. The number of nitro benzene ring substituents is 1. The zero-order chi connectivity index (χ0) is 15.6. The van der Waals surface area contributed by atoms with Gasteiger partial charge in [-0.1, -0.05) is 6.07 Å². The molecule has 0 aliphatic rings. The summed E-state index contributed by atoms with van der Waals surface area (Å²) in [5, 5.41) is 13.2. The van der Waals surface area contributed by atoms with Gasteiger partial charge in [0.05, 0.1) is 10.6 Å². The Labute approximate surface area is 128 Å². The topological polar surface area (TPSA) is 72.2 Å². The minimum atomic E-state index is -1.05. The van der Waals surface area contributed by atoms with E-state index in [2.05, 4.69) is 21.2 Å². The second kappa shape index (κ2) is 6.01. The van der Waals surface area contributed by atoms with Crippen LogP contribution in [0, 0.1) is 22.9 Å². The molecule has 0 aliphatic heterocycles. The third-order valence-electron chi connectivity index (χ3n) is 2.78. The number of rotatable bonds is 3. The Morgan fingerprint density at radius 1 is 1.29 bits per heavy atom.